The number of anilines is 1. The van der Waals surface area contributed by atoms with Gasteiger partial charge in [-0.1, -0.05) is 24.3 Å². The normalized spacial score (nSPS) is 17.2. The first-order valence-electron chi connectivity index (χ1n) is 6.74. The average molecular weight is 304 g/mol. The molecule has 0 aliphatic carbocycles. The van der Waals surface area contributed by atoms with E-state index in [0.29, 0.717) is 5.56 Å². The van der Waals surface area contributed by atoms with E-state index in [1.165, 1.54) is 12.1 Å². The maximum absolute atomic E-state index is 12.4. The summed E-state index contributed by atoms with van der Waals surface area (Å²) in [5, 5.41) is 3.27. The molecule has 22 heavy (non-hydrogen) atoms. The van der Waals surface area contributed by atoms with Crippen molar-refractivity contribution in [1.29, 1.82) is 0 Å². The van der Waals surface area contributed by atoms with E-state index in [4.69, 9.17) is 0 Å². The quantitative estimate of drug-likeness (QED) is 0.944. The summed E-state index contributed by atoms with van der Waals surface area (Å²) in [4.78, 5) is 13.9. The first-order chi connectivity index (χ1) is 10.6. The first-order valence-corrected chi connectivity index (χ1v) is 6.74. The second-order valence-electron chi connectivity index (χ2n) is 4.96. The van der Waals surface area contributed by atoms with E-state index in [2.05, 4.69) is 10.1 Å². The van der Waals surface area contributed by atoms with Gasteiger partial charge < -0.3 is 15.0 Å². The van der Waals surface area contributed by atoms with Gasteiger partial charge in [-0.15, -0.1) is 0 Å². The van der Waals surface area contributed by atoms with Crippen LogP contribution in [0, 0.1) is 0 Å². The van der Waals surface area contributed by atoms with Crippen LogP contribution in [0.5, 0.6) is 5.75 Å². The van der Waals surface area contributed by atoms with Crippen molar-refractivity contribution in [3.8, 4) is 5.75 Å². The third-order valence-electron chi connectivity index (χ3n) is 3.58. The van der Waals surface area contributed by atoms with Crippen LogP contribution in [0.1, 0.15) is 22.1 Å². The molecule has 0 bridgehead atoms. The van der Waals surface area contributed by atoms with Crippen molar-refractivity contribution in [2.75, 3.05) is 12.4 Å². The molecular formula is C16H14F2N2O2. The van der Waals surface area contributed by atoms with Crippen molar-refractivity contribution in [3.63, 3.8) is 0 Å². The molecule has 2 aromatic carbocycles. The van der Waals surface area contributed by atoms with Gasteiger partial charge in [0.25, 0.3) is 5.91 Å². The number of amides is 1. The molecule has 3 rings (SSSR count). The Hall–Kier alpha value is -2.63. The summed E-state index contributed by atoms with van der Waals surface area (Å²) in [5.41, 5.74) is 2.15. The fourth-order valence-corrected chi connectivity index (χ4v) is 2.49. The van der Waals surface area contributed by atoms with Crippen molar-refractivity contribution in [1.82, 2.24) is 4.90 Å². The van der Waals surface area contributed by atoms with E-state index in [1.54, 1.807) is 30.1 Å². The fraction of sp³-hybridized carbons (Fsp3) is 0.188. The van der Waals surface area contributed by atoms with Crippen LogP contribution in [0.4, 0.5) is 14.5 Å². The maximum Gasteiger partial charge on any atom is 0.387 e. The SMILES string of the molecule is CN1C(=O)c2ccccc2NC1c1ccc(OC(F)F)cc1. The number of carbonyl (C=O) groups is 1. The Morgan fingerprint density at radius 2 is 1.82 bits per heavy atom. The number of benzene rings is 2. The molecule has 2 aromatic rings. The highest BCUT2D eigenvalue weighted by atomic mass is 19.3. The number of ether oxygens (including phenoxy) is 1. The Morgan fingerprint density at radius 1 is 1.14 bits per heavy atom. The lowest BCUT2D eigenvalue weighted by Gasteiger charge is -2.35. The zero-order valence-corrected chi connectivity index (χ0v) is 11.8. The summed E-state index contributed by atoms with van der Waals surface area (Å²) in [5.74, 6) is -0.00352. The summed E-state index contributed by atoms with van der Waals surface area (Å²) in [6.07, 6.45) is -0.358. The van der Waals surface area contributed by atoms with E-state index in [1.807, 2.05) is 18.2 Å². The molecule has 1 N–H and O–H groups in total. The number of carbonyl (C=O) groups excluding carboxylic acids is 1. The molecule has 0 fully saturated rings. The van der Waals surface area contributed by atoms with Gasteiger partial charge in [-0.25, -0.2) is 0 Å². The molecule has 1 aliphatic rings. The molecule has 1 atom stereocenters. The van der Waals surface area contributed by atoms with Gasteiger partial charge in [-0.3, -0.25) is 4.79 Å². The van der Waals surface area contributed by atoms with Crippen LogP contribution in [-0.2, 0) is 0 Å². The largest absolute Gasteiger partial charge is 0.435 e. The Labute approximate surface area is 126 Å². The van der Waals surface area contributed by atoms with Gasteiger partial charge in [-0.05, 0) is 29.8 Å². The van der Waals surface area contributed by atoms with Gasteiger partial charge in [-0.2, -0.15) is 8.78 Å². The van der Waals surface area contributed by atoms with Crippen LogP contribution in [-0.4, -0.2) is 24.5 Å². The molecule has 1 aliphatic heterocycles. The van der Waals surface area contributed by atoms with Gasteiger partial charge in [0.2, 0.25) is 0 Å². The minimum absolute atomic E-state index is 0.0870. The molecule has 0 saturated heterocycles. The second kappa shape index (κ2) is 5.63. The Morgan fingerprint density at radius 3 is 2.50 bits per heavy atom. The highest BCUT2D eigenvalue weighted by Gasteiger charge is 2.29. The molecular weight excluding hydrogens is 290 g/mol. The molecule has 1 amide bonds. The predicted molar refractivity (Wildman–Crippen MR) is 78.0 cm³/mol. The van der Waals surface area contributed by atoms with E-state index >= 15 is 0 Å². The highest BCUT2D eigenvalue weighted by Crippen LogP contribution is 2.32. The van der Waals surface area contributed by atoms with Gasteiger partial charge in [0, 0.05) is 12.7 Å². The third kappa shape index (κ3) is 2.59. The Bertz CT molecular complexity index is 689. The van der Waals surface area contributed by atoms with E-state index < -0.39 is 6.61 Å². The summed E-state index contributed by atoms with van der Waals surface area (Å²) in [6, 6.07) is 13.5. The Balaban J connectivity index is 1.88. The second-order valence-corrected chi connectivity index (χ2v) is 4.96. The fourth-order valence-electron chi connectivity index (χ4n) is 2.49. The van der Waals surface area contributed by atoms with Gasteiger partial charge in [0.15, 0.2) is 0 Å². The summed E-state index contributed by atoms with van der Waals surface area (Å²) < 4.78 is 28.7. The number of para-hydroxylation sites is 1. The number of rotatable bonds is 3. The number of fused-ring (bicyclic) bond motifs is 1. The van der Waals surface area contributed by atoms with Gasteiger partial charge in [0.1, 0.15) is 11.9 Å². The molecule has 0 aromatic heterocycles. The maximum atomic E-state index is 12.4. The van der Waals surface area contributed by atoms with Crippen molar-refractivity contribution in [2.24, 2.45) is 0 Å². The third-order valence-corrected chi connectivity index (χ3v) is 3.58. The van der Waals surface area contributed by atoms with E-state index in [9.17, 15) is 13.6 Å². The monoisotopic (exact) mass is 304 g/mol. The number of alkyl halides is 2. The lowest BCUT2D eigenvalue weighted by molar-refractivity contribution is -0.0498. The van der Waals surface area contributed by atoms with Crippen LogP contribution in [0.15, 0.2) is 48.5 Å². The van der Waals surface area contributed by atoms with Crippen LogP contribution >= 0.6 is 0 Å². The molecule has 0 saturated carbocycles. The summed E-state index contributed by atoms with van der Waals surface area (Å²) >= 11 is 0. The van der Waals surface area contributed by atoms with Crippen molar-refractivity contribution >= 4 is 11.6 Å². The number of halogens is 2. The Kier molecular flexibility index (Phi) is 3.66. The topological polar surface area (TPSA) is 41.6 Å². The zero-order valence-electron chi connectivity index (χ0n) is 11.8. The minimum atomic E-state index is -2.85. The predicted octanol–water partition coefficient (Wildman–Crippen LogP) is 3.48. The minimum Gasteiger partial charge on any atom is -0.435 e. The standard InChI is InChI=1S/C16H14F2N2O2/c1-20-14(10-6-8-11(9-7-10)22-16(17)18)19-13-5-3-2-4-12(13)15(20)21/h2-9,14,16,19H,1H3. The average Bonchev–Trinajstić information content (AvgIpc) is 2.51. The van der Waals surface area contributed by atoms with E-state index in [0.717, 1.165) is 11.3 Å². The lowest BCUT2D eigenvalue weighted by Crippen LogP contribution is -2.40. The molecule has 114 valence electrons. The summed E-state index contributed by atoms with van der Waals surface area (Å²) in [6.45, 7) is -2.85. The molecule has 1 heterocycles. The molecule has 0 spiro atoms. The number of hydrogen-bond donors (Lipinski definition) is 1. The van der Waals surface area contributed by atoms with Gasteiger partial charge >= 0.3 is 6.61 Å². The molecule has 0 radical (unpaired) electrons. The van der Waals surface area contributed by atoms with Gasteiger partial charge in [0.05, 0.1) is 5.56 Å². The highest BCUT2D eigenvalue weighted by molar-refractivity contribution is 6.01. The molecule has 4 nitrogen and oxygen atoms in total. The van der Waals surface area contributed by atoms with Crippen LogP contribution in [0.2, 0.25) is 0 Å². The van der Waals surface area contributed by atoms with E-state index in [-0.39, 0.29) is 17.8 Å². The van der Waals surface area contributed by atoms with Crippen molar-refractivity contribution < 1.29 is 18.3 Å². The van der Waals surface area contributed by atoms with Crippen LogP contribution in [0.25, 0.3) is 0 Å². The van der Waals surface area contributed by atoms with Crippen molar-refractivity contribution in [3.05, 3.63) is 59.7 Å². The number of nitrogens with one attached hydrogen (secondary N) is 1. The molecule has 1 unspecified atom stereocenters. The smallest absolute Gasteiger partial charge is 0.387 e. The van der Waals surface area contributed by atoms with Crippen molar-refractivity contribution in [2.45, 2.75) is 12.8 Å². The number of nitrogens with zero attached hydrogens (tertiary/aromatic N) is 1. The van der Waals surface area contributed by atoms with Crippen LogP contribution < -0.4 is 10.1 Å². The number of hydrogen-bond acceptors (Lipinski definition) is 3. The lowest BCUT2D eigenvalue weighted by atomic mass is 10.0. The first kappa shape index (κ1) is 14.3. The summed E-state index contributed by atoms with van der Waals surface area (Å²) in [7, 11) is 1.69. The van der Waals surface area contributed by atoms with Crippen LogP contribution in [0.3, 0.4) is 0 Å². The zero-order chi connectivity index (χ0) is 15.7. The molecule has 6 heteroatoms.